The Morgan fingerprint density at radius 3 is 1.87 bits per heavy atom. The van der Waals surface area contributed by atoms with Gasteiger partial charge in [0, 0.05) is 27.5 Å². The Morgan fingerprint density at radius 1 is 0.481 bits per heavy atom. The fourth-order valence-electron chi connectivity index (χ4n) is 7.95. The van der Waals surface area contributed by atoms with Crippen molar-refractivity contribution in [3.05, 3.63) is 191 Å². The monoisotopic (exact) mass is 669 g/mol. The fraction of sp³-hybridized carbons (Fsp3) is 0.122. The zero-order valence-electron chi connectivity index (χ0n) is 29.8. The second kappa shape index (κ2) is 12.9. The molecule has 2 heterocycles. The van der Waals surface area contributed by atoms with E-state index in [1.165, 1.54) is 27.8 Å². The molecule has 250 valence electrons. The van der Waals surface area contributed by atoms with Crippen LogP contribution >= 0.6 is 0 Å². The van der Waals surface area contributed by atoms with Crippen LogP contribution in [0.15, 0.2) is 173 Å². The van der Waals surface area contributed by atoms with Crippen LogP contribution in [0.4, 0.5) is 0 Å². The van der Waals surface area contributed by atoms with Gasteiger partial charge in [0.2, 0.25) is 0 Å². The molecule has 1 aliphatic carbocycles. The van der Waals surface area contributed by atoms with E-state index in [2.05, 4.69) is 172 Å². The van der Waals surface area contributed by atoms with Gasteiger partial charge in [-0.1, -0.05) is 147 Å². The van der Waals surface area contributed by atoms with E-state index in [0.29, 0.717) is 0 Å². The smallest absolute Gasteiger partial charge is 0.160 e. The first kappa shape index (κ1) is 31.8. The summed E-state index contributed by atoms with van der Waals surface area (Å²) in [7, 11) is 0. The van der Waals surface area contributed by atoms with Gasteiger partial charge in [-0.3, -0.25) is 0 Å². The molecule has 7 aromatic rings. The molecule has 0 saturated heterocycles. The standard InChI is InChI=1S/C49H39N3/c1-32-26-27-44(33-16-7-4-8-17-33)51-48(35-20-11-6-12-21-35)52-47(32)37-23-15-22-36(28-37)39-30-45(34-18-9-5-10-19-34)50-46-31-43-40(29-41(39)46)38-24-13-14-25-42(38)49(43,2)3/h4-25,28-31H,26-27H2,1-3H3/b47-32+,51-44+,52-48-. The Labute approximate surface area is 305 Å². The van der Waals surface area contributed by atoms with Crippen molar-refractivity contribution in [1.82, 2.24) is 4.98 Å². The zero-order valence-corrected chi connectivity index (χ0v) is 29.8. The van der Waals surface area contributed by atoms with Crippen LogP contribution in [0.5, 0.6) is 0 Å². The summed E-state index contributed by atoms with van der Waals surface area (Å²) in [6.07, 6.45) is 1.71. The molecule has 9 rings (SSSR count). The Morgan fingerprint density at radius 2 is 1.12 bits per heavy atom. The van der Waals surface area contributed by atoms with Gasteiger partial charge in [0.1, 0.15) is 0 Å². The maximum absolute atomic E-state index is 5.38. The Hall–Kier alpha value is -6.19. The summed E-state index contributed by atoms with van der Waals surface area (Å²) in [5.41, 5.74) is 17.1. The first-order valence-electron chi connectivity index (χ1n) is 18.2. The van der Waals surface area contributed by atoms with E-state index in [4.69, 9.17) is 15.0 Å². The van der Waals surface area contributed by atoms with Gasteiger partial charge in [-0.15, -0.1) is 0 Å². The fourth-order valence-corrected chi connectivity index (χ4v) is 7.95. The second-order valence-corrected chi connectivity index (χ2v) is 14.4. The zero-order chi connectivity index (χ0) is 35.2. The second-order valence-electron chi connectivity index (χ2n) is 14.4. The van der Waals surface area contributed by atoms with Crippen molar-refractivity contribution in [2.75, 3.05) is 0 Å². The summed E-state index contributed by atoms with van der Waals surface area (Å²) < 4.78 is 0. The van der Waals surface area contributed by atoms with Crippen LogP contribution in [-0.2, 0) is 5.41 Å². The predicted molar refractivity (Wildman–Crippen MR) is 218 cm³/mol. The first-order chi connectivity index (χ1) is 25.4. The Balaban J connectivity index is 1.23. The quantitative estimate of drug-likeness (QED) is 0.180. The molecule has 3 nitrogen and oxygen atoms in total. The molecule has 6 aromatic carbocycles. The largest absolute Gasteiger partial charge is 0.248 e. The average molecular weight is 670 g/mol. The maximum Gasteiger partial charge on any atom is 0.160 e. The van der Waals surface area contributed by atoms with Gasteiger partial charge in [-0.2, -0.15) is 0 Å². The number of aromatic nitrogens is 1. The average Bonchev–Trinajstić information content (AvgIpc) is 3.41. The van der Waals surface area contributed by atoms with Crippen molar-refractivity contribution < 1.29 is 0 Å². The number of amidine groups is 1. The van der Waals surface area contributed by atoms with Crippen LogP contribution in [0.25, 0.3) is 50.1 Å². The minimum atomic E-state index is -0.107. The maximum atomic E-state index is 5.38. The molecule has 0 fully saturated rings. The summed E-state index contributed by atoms with van der Waals surface area (Å²) in [6, 6.07) is 56.1. The van der Waals surface area contributed by atoms with E-state index in [-0.39, 0.29) is 5.41 Å². The summed E-state index contributed by atoms with van der Waals surface area (Å²) in [4.78, 5) is 15.9. The topological polar surface area (TPSA) is 37.6 Å². The highest BCUT2D eigenvalue weighted by Gasteiger charge is 2.35. The van der Waals surface area contributed by atoms with Crippen LogP contribution in [0, 0.1) is 0 Å². The molecule has 1 aliphatic heterocycles. The summed E-state index contributed by atoms with van der Waals surface area (Å²) >= 11 is 0. The summed E-state index contributed by atoms with van der Waals surface area (Å²) in [5.74, 6) is 0.733. The van der Waals surface area contributed by atoms with E-state index in [1.807, 2.05) is 6.07 Å². The molecule has 0 unspecified atom stereocenters. The number of hydrogen-bond donors (Lipinski definition) is 0. The van der Waals surface area contributed by atoms with Crippen molar-refractivity contribution in [2.45, 2.75) is 39.0 Å². The highest BCUT2D eigenvalue weighted by Crippen LogP contribution is 2.50. The molecular formula is C49H39N3. The normalized spacial score (nSPS) is 18.4. The van der Waals surface area contributed by atoms with Crippen molar-refractivity contribution in [1.29, 1.82) is 0 Å². The number of hydrogen-bond acceptors (Lipinski definition) is 3. The molecule has 0 spiro atoms. The SMILES string of the molecule is C\C1=C(c2cccc(-c3cc(-c4ccccc4)nc4cc5c(cc34)-c3ccccc3C5(C)C)c2)/N=C(c2ccccc2)\N=C(\c2ccccc2)CC1. The van der Waals surface area contributed by atoms with Crippen LogP contribution in [0.1, 0.15) is 61.4 Å². The lowest BCUT2D eigenvalue weighted by Crippen LogP contribution is -2.14. The van der Waals surface area contributed by atoms with Crippen LogP contribution < -0.4 is 0 Å². The van der Waals surface area contributed by atoms with Crippen LogP contribution in [-0.4, -0.2) is 16.5 Å². The molecule has 52 heavy (non-hydrogen) atoms. The van der Waals surface area contributed by atoms with Crippen molar-refractivity contribution in [3.8, 4) is 33.5 Å². The van der Waals surface area contributed by atoms with Crippen LogP contribution in [0.2, 0.25) is 0 Å². The molecule has 1 aromatic heterocycles. The number of aliphatic imine (C=N–C) groups is 2. The molecular weight excluding hydrogens is 631 g/mol. The van der Waals surface area contributed by atoms with Crippen molar-refractivity contribution in [3.63, 3.8) is 0 Å². The first-order valence-corrected chi connectivity index (χ1v) is 18.2. The lowest BCUT2D eigenvalue weighted by atomic mass is 9.82. The van der Waals surface area contributed by atoms with E-state index in [0.717, 1.165) is 80.1 Å². The lowest BCUT2D eigenvalue weighted by Gasteiger charge is -2.22. The number of rotatable bonds is 5. The van der Waals surface area contributed by atoms with Gasteiger partial charge >= 0.3 is 0 Å². The third kappa shape index (κ3) is 5.59. The van der Waals surface area contributed by atoms with E-state index in [9.17, 15) is 0 Å². The van der Waals surface area contributed by atoms with Gasteiger partial charge in [0.05, 0.1) is 22.6 Å². The lowest BCUT2D eigenvalue weighted by molar-refractivity contribution is 0.661. The molecule has 0 saturated carbocycles. The molecule has 0 radical (unpaired) electrons. The number of fused-ring (bicyclic) bond motifs is 4. The highest BCUT2D eigenvalue weighted by molar-refractivity contribution is 6.14. The minimum Gasteiger partial charge on any atom is -0.248 e. The highest BCUT2D eigenvalue weighted by atomic mass is 14.9. The Bertz CT molecular complexity index is 2580. The van der Waals surface area contributed by atoms with E-state index >= 15 is 0 Å². The molecule has 0 amide bonds. The van der Waals surface area contributed by atoms with Gasteiger partial charge in [0.15, 0.2) is 5.84 Å². The number of benzene rings is 6. The molecule has 0 atom stereocenters. The molecule has 3 heteroatoms. The molecule has 2 aliphatic rings. The van der Waals surface area contributed by atoms with Gasteiger partial charge in [-0.25, -0.2) is 15.0 Å². The summed E-state index contributed by atoms with van der Waals surface area (Å²) in [5, 5.41) is 1.15. The van der Waals surface area contributed by atoms with E-state index < -0.39 is 0 Å². The van der Waals surface area contributed by atoms with E-state index in [1.54, 1.807) is 0 Å². The number of allylic oxidation sites excluding steroid dienone is 1. The van der Waals surface area contributed by atoms with Gasteiger partial charge in [0.25, 0.3) is 0 Å². The summed E-state index contributed by atoms with van der Waals surface area (Å²) in [6.45, 7) is 6.88. The third-order valence-electron chi connectivity index (χ3n) is 10.8. The minimum absolute atomic E-state index is 0.107. The van der Waals surface area contributed by atoms with Gasteiger partial charge < -0.3 is 0 Å². The van der Waals surface area contributed by atoms with Crippen LogP contribution in [0.3, 0.4) is 0 Å². The third-order valence-corrected chi connectivity index (χ3v) is 10.8. The van der Waals surface area contributed by atoms with Gasteiger partial charge in [-0.05, 0) is 88.5 Å². The predicted octanol–water partition coefficient (Wildman–Crippen LogP) is 12.3. The number of nitrogens with zero attached hydrogens (tertiary/aromatic N) is 3. The van der Waals surface area contributed by atoms with Crippen molar-refractivity contribution in [2.24, 2.45) is 9.98 Å². The molecule has 0 N–H and O–H groups in total. The number of pyridine rings is 1. The molecule has 0 bridgehead atoms. The van der Waals surface area contributed by atoms with Crippen molar-refractivity contribution >= 4 is 28.1 Å². The Kier molecular flexibility index (Phi) is 7.85.